The third-order valence-corrected chi connectivity index (χ3v) is 3.01. The molecule has 0 saturated carbocycles. The molecule has 1 aromatic heterocycles. The number of pyridine rings is 1. The van der Waals surface area contributed by atoms with Gasteiger partial charge in [0.05, 0.1) is 19.3 Å². The van der Waals surface area contributed by atoms with E-state index in [-0.39, 0.29) is 23.8 Å². The first-order valence-corrected chi connectivity index (χ1v) is 7.08. The van der Waals surface area contributed by atoms with Crippen molar-refractivity contribution in [3.63, 3.8) is 0 Å². The Morgan fingerprint density at radius 3 is 2.57 bits per heavy atom. The number of benzene rings is 1. The molecule has 23 heavy (non-hydrogen) atoms. The second kappa shape index (κ2) is 7.93. The molecular formula is C17H17NO5. The van der Waals surface area contributed by atoms with E-state index in [1.165, 1.54) is 19.4 Å². The molecule has 0 aliphatic rings. The molecule has 2 aromatic rings. The van der Waals surface area contributed by atoms with Crippen molar-refractivity contribution >= 4 is 11.8 Å². The molecule has 0 saturated heterocycles. The Morgan fingerprint density at radius 2 is 1.83 bits per heavy atom. The van der Waals surface area contributed by atoms with Crippen LogP contribution < -0.4 is 9.47 Å². The summed E-state index contributed by atoms with van der Waals surface area (Å²) in [6.07, 6.45) is 1.52. The van der Waals surface area contributed by atoms with Gasteiger partial charge in [-0.1, -0.05) is 12.1 Å². The molecule has 1 aromatic carbocycles. The largest absolute Gasteiger partial charge is 0.496 e. The lowest BCUT2D eigenvalue weighted by molar-refractivity contribution is 0.0469. The van der Waals surface area contributed by atoms with Gasteiger partial charge >= 0.3 is 5.97 Å². The number of Topliss-reactive ketones (excluding diaryl/α,β-unsaturated/α-hetero) is 1. The molecule has 0 unspecified atom stereocenters. The number of nitrogens with zero attached hydrogens (tertiary/aromatic N) is 1. The van der Waals surface area contributed by atoms with Crippen LogP contribution in [0.5, 0.6) is 11.6 Å². The van der Waals surface area contributed by atoms with Crippen molar-refractivity contribution in [3.8, 4) is 11.6 Å². The molecule has 2 rings (SSSR count). The summed E-state index contributed by atoms with van der Waals surface area (Å²) < 4.78 is 15.5. The van der Waals surface area contributed by atoms with Gasteiger partial charge in [0.15, 0.2) is 6.61 Å². The number of carbonyl (C=O) groups excluding carboxylic acids is 2. The van der Waals surface area contributed by atoms with E-state index < -0.39 is 5.97 Å². The monoisotopic (exact) mass is 315 g/mol. The number of methoxy groups -OCH3 is 1. The molecule has 0 N–H and O–H groups in total. The normalized spacial score (nSPS) is 10.0. The van der Waals surface area contributed by atoms with Crippen LogP contribution in [-0.2, 0) is 4.74 Å². The lowest BCUT2D eigenvalue weighted by Crippen LogP contribution is -2.16. The zero-order valence-corrected chi connectivity index (χ0v) is 12.9. The van der Waals surface area contributed by atoms with Crippen molar-refractivity contribution in [1.82, 2.24) is 4.98 Å². The molecule has 0 aliphatic heterocycles. The summed E-state index contributed by atoms with van der Waals surface area (Å²) in [6.45, 7) is 1.77. The first-order chi connectivity index (χ1) is 11.2. The smallest absolute Gasteiger partial charge is 0.344 e. The molecule has 1 heterocycles. The number of ketones is 1. The summed E-state index contributed by atoms with van der Waals surface area (Å²) in [5.41, 5.74) is 0.543. The highest BCUT2D eigenvalue weighted by Crippen LogP contribution is 2.19. The van der Waals surface area contributed by atoms with Crippen LogP contribution in [-0.4, -0.2) is 37.1 Å². The zero-order chi connectivity index (χ0) is 16.7. The molecule has 0 spiro atoms. The first-order valence-electron chi connectivity index (χ1n) is 7.08. The van der Waals surface area contributed by atoms with Gasteiger partial charge in [0, 0.05) is 6.20 Å². The third kappa shape index (κ3) is 4.06. The fourth-order valence-electron chi connectivity index (χ4n) is 1.96. The van der Waals surface area contributed by atoms with E-state index in [9.17, 15) is 9.59 Å². The van der Waals surface area contributed by atoms with E-state index >= 15 is 0 Å². The Hall–Kier alpha value is -2.89. The topological polar surface area (TPSA) is 74.7 Å². The Kier molecular flexibility index (Phi) is 5.68. The molecule has 0 amide bonds. The number of carbonyl (C=O) groups is 2. The highest BCUT2D eigenvalue weighted by atomic mass is 16.5. The van der Waals surface area contributed by atoms with Gasteiger partial charge in [0.2, 0.25) is 11.7 Å². The highest BCUT2D eigenvalue weighted by molar-refractivity contribution is 6.01. The van der Waals surface area contributed by atoms with Gasteiger partial charge in [-0.05, 0) is 31.2 Å². The Bertz CT molecular complexity index is 699. The van der Waals surface area contributed by atoms with Crippen molar-refractivity contribution in [2.45, 2.75) is 6.92 Å². The Balaban J connectivity index is 2.06. The van der Waals surface area contributed by atoms with Crippen LogP contribution in [0.4, 0.5) is 0 Å². The number of para-hydroxylation sites is 1. The van der Waals surface area contributed by atoms with Gasteiger partial charge in [0.1, 0.15) is 11.3 Å². The fourth-order valence-corrected chi connectivity index (χ4v) is 1.96. The summed E-state index contributed by atoms with van der Waals surface area (Å²) in [5.74, 6) is -0.392. The minimum Gasteiger partial charge on any atom is -0.496 e. The lowest BCUT2D eigenvalue weighted by Gasteiger charge is -2.10. The molecular weight excluding hydrogens is 298 g/mol. The molecule has 6 heteroatoms. The Morgan fingerprint density at radius 1 is 1.09 bits per heavy atom. The van der Waals surface area contributed by atoms with E-state index in [4.69, 9.17) is 14.2 Å². The van der Waals surface area contributed by atoms with Crippen molar-refractivity contribution in [2.24, 2.45) is 0 Å². The maximum absolute atomic E-state index is 12.2. The van der Waals surface area contributed by atoms with Gasteiger partial charge in [-0.25, -0.2) is 9.78 Å². The average Bonchev–Trinajstić information content (AvgIpc) is 2.60. The standard InChI is InChI=1S/C17H17NO5/c1-3-22-16-13(8-6-10-18-16)17(20)23-11-14(19)12-7-4-5-9-15(12)21-2/h4-10H,3,11H2,1-2H3. The summed E-state index contributed by atoms with van der Waals surface area (Å²) in [4.78, 5) is 28.2. The molecule has 0 bridgehead atoms. The number of esters is 1. The highest BCUT2D eigenvalue weighted by Gasteiger charge is 2.18. The van der Waals surface area contributed by atoms with E-state index in [1.54, 1.807) is 37.3 Å². The average molecular weight is 315 g/mol. The summed E-state index contributed by atoms with van der Waals surface area (Å²) in [6, 6.07) is 9.89. The zero-order valence-electron chi connectivity index (χ0n) is 12.9. The van der Waals surface area contributed by atoms with Crippen LogP contribution in [0, 0.1) is 0 Å². The lowest BCUT2D eigenvalue weighted by atomic mass is 10.1. The van der Waals surface area contributed by atoms with Crippen LogP contribution in [0.15, 0.2) is 42.6 Å². The third-order valence-electron chi connectivity index (χ3n) is 3.01. The van der Waals surface area contributed by atoms with Gasteiger partial charge < -0.3 is 14.2 Å². The van der Waals surface area contributed by atoms with Crippen LogP contribution in [0.3, 0.4) is 0 Å². The second-order valence-corrected chi connectivity index (χ2v) is 4.49. The van der Waals surface area contributed by atoms with E-state index in [2.05, 4.69) is 4.98 Å². The fraction of sp³-hybridized carbons (Fsp3) is 0.235. The van der Waals surface area contributed by atoms with Crippen LogP contribution in [0.25, 0.3) is 0 Å². The predicted octanol–water partition coefficient (Wildman–Crippen LogP) is 2.53. The van der Waals surface area contributed by atoms with E-state index in [0.29, 0.717) is 17.9 Å². The summed E-state index contributed by atoms with van der Waals surface area (Å²) in [7, 11) is 1.47. The first kappa shape index (κ1) is 16.5. The van der Waals surface area contributed by atoms with Crippen molar-refractivity contribution in [3.05, 3.63) is 53.7 Å². The minimum absolute atomic E-state index is 0.183. The molecule has 120 valence electrons. The van der Waals surface area contributed by atoms with Gasteiger partial charge in [-0.3, -0.25) is 4.79 Å². The Labute approximate surface area is 134 Å². The summed E-state index contributed by atoms with van der Waals surface area (Å²) in [5, 5.41) is 0. The van der Waals surface area contributed by atoms with Crippen LogP contribution in [0.2, 0.25) is 0 Å². The second-order valence-electron chi connectivity index (χ2n) is 4.49. The van der Waals surface area contributed by atoms with Crippen LogP contribution in [0.1, 0.15) is 27.6 Å². The van der Waals surface area contributed by atoms with Crippen molar-refractivity contribution < 1.29 is 23.8 Å². The maximum atomic E-state index is 12.2. The summed E-state index contributed by atoms with van der Waals surface area (Å²) >= 11 is 0. The van der Waals surface area contributed by atoms with E-state index in [0.717, 1.165) is 0 Å². The quantitative estimate of drug-likeness (QED) is 0.577. The molecule has 6 nitrogen and oxygen atoms in total. The molecule has 0 fully saturated rings. The van der Waals surface area contributed by atoms with Gasteiger partial charge in [-0.15, -0.1) is 0 Å². The number of hydrogen-bond donors (Lipinski definition) is 0. The van der Waals surface area contributed by atoms with E-state index in [1.807, 2.05) is 0 Å². The van der Waals surface area contributed by atoms with Crippen LogP contribution >= 0.6 is 0 Å². The van der Waals surface area contributed by atoms with Crippen molar-refractivity contribution in [1.29, 1.82) is 0 Å². The molecule has 0 atom stereocenters. The number of rotatable bonds is 7. The van der Waals surface area contributed by atoms with Crippen molar-refractivity contribution in [2.75, 3.05) is 20.3 Å². The van der Waals surface area contributed by atoms with Gasteiger partial charge in [-0.2, -0.15) is 0 Å². The number of aromatic nitrogens is 1. The minimum atomic E-state index is -0.662. The SMILES string of the molecule is CCOc1ncccc1C(=O)OCC(=O)c1ccccc1OC. The molecule has 0 aliphatic carbocycles. The molecule has 0 radical (unpaired) electrons. The number of ether oxygens (including phenoxy) is 3. The van der Waals surface area contributed by atoms with Gasteiger partial charge in [0.25, 0.3) is 0 Å². The number of hydrogen-bond acceptors (Lipinski definition) is 6. The maximum Gasteiger partial charge on any atom is 0.344 e. The predicted molar refractivity (Wildman–Crippen MR) is 83.0 cm³/mol.